The van der Waals surface area contributed by atoms with Crippen LogP contribution in [0.25, 0.3) is 0 Å². The summed E-state index contributed by atoms with van der Waals surface area (Å²) in [6.45, 7) is 7.42. The molecule has 1 N–H and O–H groups in total. The van der Waals surface area contributed by atoms with Crippen molar-refractivity contribution in [2.24, 2.45) is 5.92 Å². The van der Waals surface area contributed by atoms with E-state index in [9.17, 15) is 14.9 Å². The van der Waals surface area contributed by atoms with Crippen LogP contribution in [0.5, 0.6) is 0 Å². The minimum atomic E-state index is -0.647. The number of benzene rings is 3. The molecule has 4 aliphatic rings. The Kier molecular flexibility index (Phi) is 10.4. The van der Waals surface area contributed by atoms with Crippen LogP contribution in [0.1, 0.15) is 63.5 Å². The zero-order valence-corrected chi connectivity index (χ0v) is 28.6. The standard InChI is InChI=1S/C38H38Cl2N4O4/c1-24-9-10-29(15-25(24)2)35(18-32-33(39)20-42-21-34(32)40)47-37(45)30-7-3-6-27(16-30)22-44(31-8-4-5-26(17-31)19-41)38(46)48-36-23-43-13-11-28(36)12-14-43/h3-10,15-17,20,28,35-36,42H,11-14,18,21-23H2,1-2H3/t35-,36-/m0/s1. The third-order valence-electron chi connectivity index (χ3n) is 9.50. The summed E-state index contributed by atoms with van der Waals surface area (Å²) >= 11 is 13.1. The molecule has 3 saturated heterocycles. The van der Waals surface area contributed by atoms with E-state index in [-0.39, 0.29) is 12.6 Å². The number of esters is 1. The number of ether oxygens (including phenoxy) is 2. The van der Waals surface area contributed by atoms with Crippen molar-refractivity contribution in [3.05, 3.63) is 122 Å². The Morgan fingerprint density at radius 3 is 2.54 bits per heavy atom. The average molecular weight is 686 g/mol. The van der Waals surface area contributed by atoms with Crippen LogP contribution in [0.4, 0.5) is 10.5 Å². The van der Waals surface area contributed by atoms with Gasteiger partial charge in [0.25, 0.3) is 0 Å². The molecule has 48 heavy (non-hydrogen) atoms. The second-order valence-corrected chi connectivity index (χ2v) is 13.6. The number of amides is 1. The maximum Gasteiger partial charge on any atom is 0.414 e. The molecular formula is C38H38Cl2N4O4. The zero-order chi connectivity index (χ0) is 33.8. The van der Waals surface area contributed by atoms with E-state index in [0.29, 0.717) is 51.3 Å². The first-order chi connectivity index (χ1) is 23.2. The van der Waals surface area contributed by atoms with Gasteiger partial charge in [-0.25, -0.2) is 9.59 Å². The van der Waals surface area contributed by atoms with E-state index in [1.165, 1.54) is 4.90 Å². The highest BCUT2D eigenvalue weighted by molar-refractivity contribution is 6.36. The Morgan fingerprint density at radius 2 is 1.83 bits per heavy atom. The molecule has 0 aliphatic carbocycles. The number of hydrogen-bond donors (Lipinski definition) is 1. The molecule has 2 atom stereocenters. The first kappa shape index (κ1) is 33.6. The first-order valence-corrected chi connectivity index (χ1v) is 17.0. The third-order valence-corrected chi connectivity index (χ3v) is 10.2. The lowest BCUT2D eigenvalue weighted by molar-refractivity contribution is -0.0311. The summed E-state index contributed by atoms with van der Waals surface area (Å²) in [6, 6.07) is 22.1. The maximum atomic E-state index is 13.8. The van der Waals surface area contributed by atoms with Gasteiger partial charge in [0.1, 0.15) is 12.2 Å². The van der Waals surface area contributed by atoms with Crippen molar-refractivity contribution in [2.75, 3.05) is 31.1 Å². The van der Waals surface area contributed by atoms with Crippen molar-refractivity contribution >= 4 is 41.0 Å². The van der Waals surface area contributed by atoms with Crippen LogP contribution in [0.3, 0.4) is 0 Å². The topological polar surface area (TPSA) is 94.9 Å². The fraction of sp³-hybridized carbons (Fsp3) is 0.342. The Balaban J connectivity index is 1.25. The van der Waals surface area contributed by atoms with Gasteiger partial charge < -0.3 is 14.8 Å². The number of dihydropyridines is 1. The highest BCUT2D eigenvalue weighted by Gasteiger charge is 2.37. The zero-order valence-electron chi connectivity index (χ0n) is 27.0. The van der Waals surface area contributed by atoms with Gasteiger partial charge in [0, 0.05) is 29.9 Å². The number of nitrogens with zero attached hydrogens (tertiary/aromatic N) is 3. The van der Waals surface area contributed by atoms with Gasteiger partial charge in [-0.3, -0.25) is 9.80 Å². The van der Waals surface area contributed by atoms with E-state index < -0.39 is 18.2 Å². The van der Waals surface area contributed by atoms with Crippen LogP contribution in [-0.4, -0.2) is 49.2 Å². The molecule has 3 fully saturated rings. The molecule has 2 bridgehead atoms. The van der Waals surface area contributed by atoms with Crippen LogP contribution in [0.15, 0.2) is 88.6 Å². The van der Waals surface area contributed by atoms with Crippen molar-refractivity contribution in [1.82, 2.24) is 10.2 Å². The molecule has 3 aromatic carbocycles. The summed E-state index contributed by atoms with van der Waals surface area (Å²) in [5.74, 6) is -0.172. The summed E-state index contributed by atoms with van der Waals surface area (Å²) in [5.41, 5.74) is 5.78. The van der Waals surface area contributed by atoms with Gasteiger partial charge in [-0.2, -0.15) is 5.26 Å². The summed E-state index contributed by atoms with van der Waals surface area (Å²) in [4.78, 5) is 31.4. The Bertz CT molecular complexity index is 1810. The number of aryl methyl sites for hydroxylation is 2. The van der Waals surface area contributed by atoms with Crippen molar-refractivity contribution in [2.45, 2.75) is 51.9 Å². The van der Waals surface area contributed by atoms with E-state index >= 15 is 0 Å². The third kappa shape index (κ3) is 7.71. The number of allylic oxidation sites excluding steroid dienone is 1. The number of fused-ring (bicyclic) bond motifs is 3. The largest absolute Gasteiger partial charge is 0.454 e. The Morgan fingerprint density at radius 1 is 1.04 bits per heavy atom. The SMILES string of the molecule is Cc1ccc([C@H](CC2=C(Cl)CNC=C2Cl)OC(=O)c2cccc(CN(C(=O)O[C@H]3CN4CCC3CC4)c3cccc(C#N)c3)c2)cc1C. The maximum absolute atomic E-state index is 13.8. The monoisotopic (exact) mass is 684 g/mol. The fourth-order valence-electron chi connectivity index (χ4n) is 6.56. The number of nitrogens with one attached hydrogen (secondary N) is 1. The van der Waals surface area contributed by atoms with Crippen LogP contribution < -0.4 is 10.2 Å². The van der Waals surface area contributed by atoms with Gasteiger partial charge in [0.15, 0.2) is 0 Å². The fourth-order valence-corrected chi connectivity index (χ4v) is 7.13. The molecule has 4 heterocycles. The summed E-state index contributed by atoms with van der Waals surface area (Å²) in [7, 11) is 0. The van der Waals surface area contributed by atoms with Crippen LogP contribution in [-0.2, 0) is 16.0 Å². The quantitative estimate of drug-likeness (QED) is 0.229. The smallest absolute Gasteiger partial charge is 0.414 e. The lowest BCUT2D eigenvalue weighted by Crippen LogP contribution is -2.53. The predicted molar refractivity (Wildman–Crippen MR) is 187 cm³/mol. The van der Waals surface area contributed by atoms with Crippen molar-refractivity contribution < 1.29 is 19.1 Å². The molecule has 0 spiro atoms. The molecule has 0 aromatic heterocycles. The van der Waals surface area contributed by atoms with Gasteiger partial charge in [-0.1, -0.05) is 59.6 Å². The number of carbonyl (C=O) groups excluding carboxylic acids is 2. The first-order valence-electron chi connectivity index (χ1n) is 16.2. The molecular weight excluding hydrogens is 647 g/mol. The van der Waals surface area contributed by atoms with E-state index in [2.05, 4.69) is 16.3 Å². The number of piperidine rings is 3. The van der Waals surface area contributed by atoms with E-state index in [0.717, 1.165) is 54.7 Å². The summed E-state index contributed by atoms with van der Waals surface area (Å²) in [5, 5.41) is 13.6. The van der Waals surface area contributed by atoms with Crippen LogP contribution >= 0.6 is 23.2 Å². The molecule has 3 aromatic rings. The second-order valence-electron chi connectivity index (χ2n) is 12.7. The van der Waals surface area contributed by atoms with Crippen molar-refractivity contribution in [3.8, 4) is 6.07 Å². The normalized spacial score (nSPS) is 20.6. The minimum Gasteiger partial charge on any atom is -0.454 e. The Labute approximate surface area is 291 Å². The molecule has 10 heteroatoms. The highest BCUT2D eigenvalue weighted by Crippen LogP contribution is 2.36. The number of anilines is 1. The molecule has 7 rings (SSSR count). The van der Waals surface area contributed by atoms with Gasteiger partial charge in [-0.05, 0) is 104 Å². The Hall–Kier alpha value is -4.29. The summed E-state index contributed by atoms with van der Waals surface area (Å²) in [6.07, 6.45) is 2.71. The number of carbonyl (C=O) groups is 2. The highest BCUT2D eigenvalue weighted by atomic mass is 35.5. The van der Waals surface area contributed by atoms with Crippen molar-refractivity contribution in [1.29, 1.82) is 5.26 Å². The number of rotatable bonds is 9. The lowest BCUT2D eigenvalue weighted by atomic mass is 9.86. The van der Waals surface area contributed by atoms with Gasteiger partial charge in [0.05, 0.1) is 35.3 Å². The summed E-state index contributed by atoms with van der Waals surface area (Å²) < 4.78 is 12.3. The van der Waals surface area contributed by atoms with E-state index in [4.69, 9.17) is 32.7 Å². The van der Waals surface area contributed by atoms with E-state index in [1.807, 2.05) is 38.1 Å². The van der Waals surface area contributed by atoms with Gasteiger partial charge >= 0.3 is 12.1 Å². The van der Waals surface area contributed by atoms with Crippen LogP contribution in [0, 0.1) is 31.1 Å². The molecule has 0 unspecified atom stereocenters. The van der Waals surface area contributed by atoms with E-state index in [1.54, 1.807) is 48.7 Å². The molecule has 0 radical (unpaired) electrons. The second kappa shape index (κ2) is 14.9. The molecule has 4 aliphatic heterocycles. The number of halogens is 2. The van der Waals surface area contributed by atoms with Crippen molar-refractivity contribution in [3.63, 3.8) is 0 Å². The molecule has 8 nitrogen and oxygen atoms in total. The van der Waals surface area contributed by atoms with Gasteiger partial charge in [0.2, 0.25) is 0 Å². The molecule has 248 valence electrons. The van der Waals surface area contributed by atoms with Crippen LogP contribution in [0.2, 0.25) is 0 Å². The predicted octanol–water partition coefficient (Wildman–Crippen LogP) is 7.88. The average Bonchev–Trinajstić information content (AvgIpc) is 3.10. The number of hydrogen-bond acceptors (Lipinski definition) is 7. The lowest BCUT2D eigenvalue weighted by Gasteiger charge is -2.44. The molecule has 1 amide bonds. The van der Waals surface area contributed by atoms with Gasteiger partial charge in [-0.15, -0.1) is 0 Å². The minimum absolute atomic E-state index is 0.131. The number of nitriles is 1. The molecule has 0 saturated carbocycles.